The Kier molecular flexibility index (Phi) is 5.06. The molecule has 0 aromatic carbocycles. The van der Waals surface area contributed by atoms with E-state index in [4.69, 9.17) is 4.42 Å². The van der Waals surface area contributed by atoms with Crippen molar-refractivity contribution in [3.63, 3.8) is 0 Å². The van der Waals surface area contributed by atoms with Crippen LogP contribution in [0.4, 0.5) is 0 Å². The van der Waals surface area contributed by atoms with Crippen molar-refractivity contribution in [2.75, 3.05) is 19.6 Å². The summed E-state index contributed by atoms with van der Waals surface area (Å²) in [5.41, 5.74) is 0.565. The first-order valence-electron chi connectivity index (χ1n) is 7.66. The lowest BCUT2D eigenvalue weighted by atomic mass is 9.78. The zero-order chi connectivity index (χ0) is 13.7. The third kappa shape index (κ3) is 4.08. The van der Waals surface area contributed by atoms with Crippen LogP contribution >= 0.6 is 0 Å². The molecule has 19 heavy (non-hydrogen) atoms. The Balaban J connectivity index is 1.80. The number of furan rings is 1. The summed E-state index contributed by atoms with van der Waals surface area (Å²) in [5, 5.41) is 3.29. The lowest BCUT2D eigenvalue weighted by molar-refractivity contribution is 0.103. The van der Waals surface area contributed by atoms with Crippen molar-refractivity contribution in [1.29, 1.82) is 0 Å². The van der Waals surface area contributed by atoms with Crippen molar-refractivity contribution >= 4 is 0 Å². The second-order valence-electron chi connectivity index (χ2n) is 6.09. The molecule has 2 rings (SSSR count). The van der Waals surface area contributed by atoms with Gasteiger partial charge in [0.05, 0.1) is 13.1 Å². The van der Waals surface area contributed by atoms with Gasteiger partial charge in [-0.3, -0.25) is 4.90 Å². The zero-order valence-corrected chi connectivity index (χ0v) is 12.7. The van der Waals surface area contributed by atoms with Gasteiger partial charge in [-0.25, -0.2) is 0 Å². The first-order chi connectivity index (χ1) is 9.15. The molecule has 1 N–H and O–H groups in total. The molecule has 0 amide bonds. The molecule has 0 radical (unpaired) electrons. The molecule has 108 valence electrons. The molecule has 1 aromatic heterocycles. The van der Waals surface area contributed by atoms with Crippen LogP contribution in [0.3, 0.4) is 0 Å². The molecule has 1 aromatic rings. The molecule has 0 bridgehead atoms. The van der Waals surface area contributed by atoms with Crippen LogP contribution in [0.1, 0.15) is 51.6 Å². The van der Waals surface area contributed by atoms with Gasteiger partial charge in [0.2, 0.25) is 0 Å². The van der Waals surface area contributed by atoms with Gasteiger partial charge in [-0.15, -0.1) is 0 Å². The standard InChI is InChI=1S/C16H28N2O/c1-4-16(3)8-10-18(11-9-16)13-15-7-6-14(19-15)12-17-5-2/h6-7,17H,4-5,8-13H2,1-3H3. The van der Waals surface area contributed by atoms with E-state index in [0.717, 1.165) is 31.2 Å². The third-order valence-corrected chi connectivity index (χ3v) is 4.56. The van der Waals surface area contributed by atoms with E-state index < -0.39 is 0 Å². The molecule has 1 saturated heterocycles. The predicted octanol–water partition coefficient (Wildman–Crippen LogP) is 3.40. The average Bonchev–Trinajstić information content (AvgIpc) is 2.87. The van der Waals surface area contributed by atoms with Gasteiger partial charge in [0, 0.05) is 0 Å². The van der Waals surface area contributed by atoms with Gasteiger partial charge in [0.15, 0.2) is 0 Å². The summed E-state index contributed by atoms with van der Waals surface area (Å²) in [5.74, 6) is 2.15. The Labute approximate surface area is 117 Å². The van der Waals surface area contributed by atoms with E-state index in [1.54, 1.807) is 0 Å². The fraction of sp³-hybridized carbons (Fsp3) is 0.750. The maximum atomic E-state index is 5.86. The monoisotopic (exact) mass is 264 g/mol. The van der Waals surface area contributed by atoms with Crippen molar-refractivity contribution in [2.24, 2.45) is 5.41 Å². The van der Waals surface area contributed by atoms with Crippen molar-refractivity contribution in [2.45, 2.75) is 53.1 Å². The van der Waals surface area contributed by atoms with Gasteiger partial charge in [-0.05, 0) is 50.0 Å². The molecule has 0 spiro atoms. The Morgan fingerprint density at radius 3 is 2.53 bits per heavy atom. The molecule has 1 aliphatic rings. The highest BCUT2D eigenvalue weighted by atomic mass is 16.3. The van der Waals surface area contributed by atoms with Crippen LogP contribution in [0.5, 0.6) is 0 Å². The third-order valence-electron chi connectivity index (χ3n) is 4.56. The molecule has 0 atom stereocenters. The summed E-state index contributed by atoms with van der Waals surface area (Å²) in [4.78, 5) is 2.52. The van der Waals surface area contributed by atoms with Gasteiger partial charge >= 0.3 is 0 Å². The van der Waals surface area contributed by atoms with Gasteiger partial charge < -0.3 is 9.73 Å². The van der Waals surface area contributed by atoms with E-state index in [0.29, 0.717) is 5.41 Å². The maximum Gasteiger partial charge on any atom is 0.118 e. The van der Waals surface area contributed by atoms with Crippen molar-refractivity contribution in [3.05, 3.63) is 23.7 Å². The largest absolute Gasteiger partial charge is 0.463 e. The summed E-state index contributed by atoms with van der Waals surface area (Å²) in [7, 11) is 0. The summed E-state index contributed by atoms with van der Waals surface area (Å²) in [6, 6.07) is 4.22. The van der Waals surface area contributed by atoms with Crippen LogP contribution in [0, 0.1) is 5.41 Å². The summed E-state index contributed by atoms with van der Waals surface area (Å²) < 4.78 is 5.86. The molecule has 0 unspecified atom stereocenters. The molecule has 0 saturated carbocycles. The number of hydrogen-bond donors (Lipinski definition) is 1. The average molecular weight is 264 g/mol. The minimum absolute atomic E-state index is 0.565. The second kappa shape index (κ2) is 6.58. The number of rotatable bonds is 6. The molecular formula is C16H28N2O. The van der Waals surface area contributed by atoms with Crippen molar-refractivity contribution in [1.82, 2.24) is 10.2 Å². The maximum absolute atomic E-state index is 5.86. The minimum Gasteiger partial charge on any atom is -0.463 e. The lowest BCUT2D eigenvalue weighted by Gasteiger charge is -2.38. The number of nitrogens with zero attached hydrogens (tertiary/aromatic N) is 1. The fourth-order valence-electron chi connectivity index (χ4n) is 2.68. The van der Waals surface area contributed by atoms with Gasteiger partial charge in [-0.2, -0.15) is 0 Å². The Hall–Kier alpha value is -0.800. The first-order valence-corrected chi connectivity index (χ1v) is 7.66. The molecule has 3 heteroatoms. The van der Waals surface area contributed by atoms with Crippen LogP contribution in [-0.2, 0) is 13.1 Å². The predicted molar refractivity (Wildman–Crippen MR) is 79.0 cm³/mol. The van der Waals surface area contributed by atoms with E-state index in [1.165, 1.54) is 32.4 Å². The highest BCUT2D eigenvalue weighted by molar-refractivity contribution is 5.07. The van der Waals surface area contributed by atoms with Gasteiger partial charge in [0.1, 0.15) is 11.5 Å². The highest BCUT2D eigenvalue weighted by Crippen LogP contribution is 2.34. The molecular weight excluding hydrogens is 236 g/mol. The smallest absolute Gasteiger partial charge is 0.118 e. The van der Waals surface area contributed by atoms with Crippen molar-refractivity contribution < 1.29 is 4.42 Å². The summed E-state index contributed by atoms with van der Waals surface area (Å²) in [6.45, 7) is 12.0. The first kappa shape index (κ1) is 14.6. The van der Waals surface area contributed by atoms with Crippen LogP contribution in [-0.4, -0.2) is 24.5 Å². The zero-order valence-electron chi connectivity index (χ0n) is 12.7. The lowest BCUT2D eigenvalue weighted by Crippen LogP contribution is -2.37. The van der Waals surface area contributed by atoms with Crippen LogP contribution < -0.4 is 5.32 Å². The molecule has 1 fully saturated rings. The van der Waals surface area contributed by atoms with E-state index in [2.05, 4.69) is 43.1 Å². The van der Waals surface area contributed by atoms with Crippen molar-refractivity contribution in [3.8, 4) is 0 Å². The molecule has 0 aliphatic carbocycles. The van der Waals surface area contributed by atoms with Gasteiger partial charge in [0.25, 0.3) is 0 Å². The SMILES string of the molecule is CCNCc1ccc(CN2CCC(C)(CC)CC2)o1. The number of likely N-dealkylation sites (tertiary alicyclic amines) is 1. The summed E-state index contributed by atoms with van der Waals surface area (Å²) >= 11 is 0. The van der Waals surface area contributed by atoms with E-state index in [9.17, 15) is 0 Å². The van der Waals surface area contributed by atoms with E-state index in [-0.39, 0.29) is 0 Å². The summed E-state index contributed by atoms with van der Waals surface area (Å²) in [6.07, 6.45) is 3.93. The molecule has 2 heterocycles. The van der Waals surface area contributed by atoms with Crippen LogP contribution in [0.15, 0.2) is 16.5 Å². The number of piperidine rings is 1. The second-order valence-corrected chi connectivity index (χ2v) is 6.09. The Bertz CT molecular complexity index is 378. The topological polar surface area (TPSA) is 28.4 Å². The Morgan fingerprint density at radius 2 is 1.89 bits per heavy atom. The van der Waals surface area contributed by atoms with Gasteiger partial charge in [-0.1, -0.05) is 27.2 Å². The molecule has 1 aliphatic heterocycles. The number of nitrogens with one attached hydrogen (secondary N) is 1. The quantitative estimate of drug-likeness (QED) is 0.853. The minimum atomic E-state index is 0.565. The van der Waals surface area contributed by atoms with E-state index >= 15 is 0 Å². The molecule has 3 nitrogen and oxygen atoms in total. The number of hydrogen-bond acceptors (Lipinski definition) is 3. The highest BCUT2D eigenvalue weighted by Gasteiger charge is 2.28. The normalized spacial score (nSPS) is 19.7. The van der Waals surface area contributed by atoms with Crippen LogP contribution in [0.2, 0.25) is 0 Å². The van der Waals surface area contributed by atoms with Crippen LogP contribution in [0.25, 0.3) is 0 Å². The van der Waals surface area contributed by atoms with E-state index in [1.807, 2.05) is 0 Å². The fourth-order valence-corrected chi connectivity index (χ4v) is 2.68. The Morgan fingerprint density at radius 1 is 1.21 bits per heavy atom.